The lowest BCUT2D eigenvalue weighted by Gasteiger charge is -2.09. The molecule has 4 nitrogen and oxygen atoms in total. The third-order valence-electron chi connectivity index (χ3n) is 2.81. The van der Waals surface area contributed by atoms with E-state index in [2.05, 4.69) is 12.2 Å². The van der Waals surface area contributed by atoms with Crippen molar-refractivity contribution in [2.45, 2.75) is 39.5 Å². The van der Waals surface area contributed by atoms with E-state index in [0.29, 0.717) is 12.3 Å². The second kappa shape index (κ2) is 8.29. The Balaban J connectivity index is 2.47. The summed E-state index contributed by atoms with van der Waals surface area (Å²) in [6.45, 7) is 4.36. The Morgan fingerprint density at radius 2 is 1.89 bits per heavy atom. The number of aryl methyl sites for hydroxylation is 1. The van der Waals surface area contributed by atoms with Crippen molar-refractivity contribution >= 4 is 17.6 Å². The lowest BCUT2D eigenvalue weighted by Crippen LogP contribution is -2.25. The number of esters is 1. The van der Waals surface area contributed by atoms with E-state index in [1.165, 1.54) is 0 Å². The summed E-state index contributed by atoms with van der Waals surface area (Å²) in [4.78, 5) is 23.1. The van der Waals surface area contributed by atoms with Gasteiger partial charge in [-0.15, -0.1) is 0 Å². The van der Waals surface area contributed by atoms with Crippen molar-refractivity contribution in [2.75, 3.05) is 11.9 Å². The highest BCUT2D eigenvalue weighted by molar-refractivity contribution is 6.37. The average Bonchev–Trinajstić information content (AvgIpc) is 2.44. The van der Waals surface area contributed by atoms with Gasteiger partial charge in [-0.25, -0.2) is 4.79 Å². The molecule has 0 saturated heterocycles. The van der Waals surface area contributed by atoms with Gasteiger partial charge in [0.2, 0.25) is 0 Å². The van der Waals surface area contributed by atoms with E-state index in [0.717, 1.165) is 31.2 Å². The van der Waals surface area contributed by atoms with Crippen molar-refractivity contribution in [1.29, 1.82) is 0 Å². The van der Waals surface area contributed by atoms with Gasteiger partial charge in [0.25, 0.3) is 0 Å². The molecule has 1 amide bonds. The monoisotopic (exact) mass is 263 g/mol. The molecule has 0 spiro atoms. The van der Waals surface area contributed by atoms with Crippen molar-refractivity contribution in [2.24, 2.45) is 0 Å². The van der Waals surface area contributed by atoms with Crippen molar-refractivity contribution in [1.82, 2.24) is 0 Å². The summed E-state index contributed by atoms with van der Waals surface area (Å²) in [5.41, 5.74) is 1.66. The maximum atomic E-state index is 11.7. The van der Waals surface area contributed by atoms with Crippen LogP contribution in [0.3, 0.4) is 0 Å². The summed E-state index contributed by atoms with van der Waals surface area (Å²) in [5, 5.41) is 2.59. The van der Waals surface area contributed by atoms with Crippen LogP contribution in [-0.2, 0) is 20.7 Å². The fourth-order valence-corrected chi connectivity index (χ4v) is 1.71. The smallest absolute Gasteiger partial charge is 0.397 e. The third-order valence-corrected chi connectivity index (χ3v) is 2.81. The summed E-state index contributed by atoms with van der Waals surface area (Å²) >= 11 is 0. The molecule has 0 aliphatic heterocycles. The molecule has 1 N–H and O–H groups in total. The van der Waals surface area contributed by atoms with Gasteiger partial charge < -0.3 is 10.1 Å². The lowest BCUT2D eigenvalue weighted by atomic mass is 10.1. The number of carbonyl (C=O) groups is 2. The quantitative estimate of drug-likeness (QED) is 0.488. The zero-order valence-corrected chi connectivity index (χ0v) is 11.6. The van der Waals surface area contributed by atoms with Gasteiger partial charge in [0.15, 0.2) is 0 Å². The fraction of sp³-hybridized carbons (Fsp3) is 0.467. The van der Waals surface area contributed by atoms with Crippen LogP contribution in [0.1, 0.15) is 38.7 Å². The molecule has 0 aliphatic carbocycles. The molecule has 0 aromatic heterocycles. The number of nitrogens with one attached hydrogen (secondary N) is 1. The van der Waals surface area contributed by atoms with Crippen LogP contribution in [0.15, 0.2) is 24.3 Å². The molecule has 0 atom stereocenters. The van der Waals surface area contributed by atoms with Crippen molar-refractivity contribution in [3.05, 3.63) is 29.8 Å². The molecule has 0 radical (unpaired) electrons. The molecule has 0 aliphatic rings. The Morgan fingerprint density at radius 3 is 2.58 bits per heavy atom. The maximum absolute atomic E-state index is 11.7. The van der Waals surface area contributed by atoms with Crippen LogP contribution in [0.25, 0.3) is 0 Å². The number of rotatable bonds is 6. The van der Waals surface area contributed by atoms with Crippen LogP contribution < -0.4 is 5.32 Å². The minimum Gasteiger partial charge on any atom is -0.459 e. The van der Waals surface area contributed by atoms with Gasteiger partial charge in [-0.1, -0.05) is 44.9 Å². The standard InChI is InChI=1S/C15H21NO3/c1-3-5-8-11-19-15(18)14(17)16-13-10-7-6-9-12(13)4-2/h6-7,9-10H,3-5,8,11H2,1-2H3,(H,16,17). The van der Waals surface area contributed by atoms with E-state index in [1.807, 2.05) is 25.1 Å². The highest BCUT2D eigenvalue weighted by Crippen LogP contribution is 2.15. The van der Waals surface area contributed by atoms with Gasteiger partial charge in [0.1, 0.15) is 0 Å². The summed E-state index contributed by atoms with van der Waals surface area (Å²) in [5.74, 6) is -1.53. The number of carbonyl (C=O) groups excluding carboxylic acids is 2. The number of ether oxygens (including phenoxy) is 1. The van der Waals surface area contributed by atoms with Crippen LogP contribution in [0.2, 0.25) is 0 Å². The van der Waals surface area contributed by atoms with Crippen LogP contribution in [-0.4, -0.2) is 18.5 Å². The van der Waals surface area contributed by atoms with Gasteiger partial charge in [0, 0.05) is 5.69 Å². The van der Waals surface area contributed by atoms with Gasteiger partial charge >= 0.3 is 11.9 Å². The van der Waals surface area contributed by atoms with Gasteiger partial charge in [0.05, 0.1) is 6.61 Å². The van der Waals surface area contributed by atoms with E-state index < -0.39 is 11.9 Å². The van der Waals surface area contributed by atoms with Crippen LogP contribution in [0, 0.1) is 0 Å². The summed E-state index contributed by atoms with van der Waals surface area (Å²) in [6.07, 6.45) is 3.63. The maximum Gasteiger partial charge on any atom is 0.397 e. The van der Waals surface area contributed by atoms with E-state index in [-0.39, 0.29) is 0 Å². The first-order valence-electron chi connectivity index (χ1n) is 6.75. The molecule has 0 unspecified atom stereocenters. The Hall–Kier alpha value is -1.84. The minimum atomic E-state index is -0.818. The number of unbranched alkanes of at least 4 members (excludes halogenated alkanes) is 2. The molecule has 0 heterocycles. The predicted molar refractivity (Wildman–Crippen MR) is 74.9 cm³/mol. The second-order valence-electron chi connectivity index (χ2n) is 4.31. The number of hydrogen-bond donors (Lipinski definition) is 1. The molecule has 0 fully saturated rings. The number of hydrogen-bond acceptors (Lipinski definition) is 3. The van der Waals surface area contributed by atoms with Gasteiger partial charge in [-0.05, 0) is 24.5 Å². The molecule has 104 valence electrons. The Kier molecular flexibility index (Phi) is 6.64. The number of para-hydroxylation sites is 1. The minimum absolute atomic E-state index is 0.301. The number of benzene rings is 1. The molecule has 1 rings (SSSR count). The second-order valence-corrected chi connectivity index (χ2v) is 4.31. The Morgan fingerprint density at radius 1 is 1.16 bits per heavy atom. The fourth-order valence-electron chi connectivity index (χ4n) is 1.71. The van der Waals surface area contributed by atoms with Gasteiger partial charge in [-0.2, -0.15) is 0 Å². The predicted octanol–water partition coefficient (Wildman–Crippen LogP) is 2.92. The average molecular weight is 263 g/mol. The van der Waals surface area contributed by atoms with E-state index in [9.17, 15) is 9.59 Å². The van der Waals surface area contributed by atoms with Crippen LogP contribution in [0.4, 0.5) is 5.69 Å². The van der Waals surface area contributed by atoms with E-state index in [1.54, 1.807) is 6.07 Å². The zero-order valence-electron chi connectivity index (χ0n) is 11.6. The van der Waals surface area contributed by atoms with Crippen molar-refractivity contribution < 1.29 is 14.3 Å². The first-order valence-corrected chi connectivity index (χ1v) is 6.75. The molecule has 1 aromatic rings. The van der Waals surface area contributed by atoms with Crippen molar-refractivity contribution in [3.8, 4) is 0 Å². The highest BCUT2D eigenvalue weighted by Gasteiger charge is 2.16. The van der Waals surface area contributed by atoms with Crippen molar-refractivity contribution in [3.63, 3.8) is 0 Å². The third kappa shape index (κ3) is 5.12. The largest absolute Gasteiger partial charge is 0.459 e. The SMILES string of the molecule is CCCCCOC(=O)C(=O)Nc1ccccc1CC. The first kappa shape index (κ1) is 15.2. The molecule has 0 saturated carbocycles. The molecular formula is C15H21NO3. The Labute approximate surface area is 114 Å². The summed E-state index contributed by atoms with van der Waals surface area (Å²) < 4.78 is 4.90. The molecular weight excluding hydrogens is 242 g/mol. The molecule has 1 aromatic carbocycles. The summed E-state index contributed by atoms with van der Waals surface area (Å²) in [7, 11) is 0. The first-order chi connectivity index (χ1) is 9.19. The molecule has 19 heavy (non-hydrogen) atoms. The lowest BCUT2D eigenvalue weighted by molar-refractivity contribution is -0.152. The molecule has 4 heteroatoms. The van der Waals surface area contributed by atoms with Gasteiger partial charge in [-0.3, -0.25) is 4.79 Å². The summed E-state index contributed by atoms with van der Waals surface area (Å²) in [6, 6.07) is 7.42. The number of anilines is 1. The normalized spacial score (nSPS) is 10.0. The van der Waals surface area contributed by atoms with E-state index >= 15 is 0 Å². The molecule has 0 bridgehead atoms. The van der Waals surface area contributed by atoms with Crippen LogP contribution >= 0.6 is 0 Å². The zero-order chi connectivity index (χ0) is 14.1. The number of amides is 1. The Bertz CT molecular complexity index is 429. The van der Waals surface area contributed by atoms with Crippen LogP contribution in [0.5, 0.6) is 0 Å². The van der Waals surface area contributed by atoms with E-state index in [4.69, 9.17) is 4.74 Å². The highest BCUT2D eigenvalue weighted by atomic mass is 16.5. The topological polar surface area (TPSA) is 55.4 Å².